The van der Waals surface area contributed by atoms with Crippen LogP contribution in [-0.4, -0.2) is 42.5 Å². The number of fused-ring (bicyclic) bond motifs is 2. The van der Waals surface area contributed by atoms with Crippen LogP contribution in [0.25, 0.3) is 0 Å². The maximum Gasteiger partial charge on any atom is 0.244 e. The first-order valence-corrected chi connectivity index (χ1v) is 9.95. The molecule has 3 aliphatic heterocycles. The Morgan fingerprint density at radius 1 is 1.07 bits per heavy atom. The lowest BCUT2D eigenvalue weighted by Crippen LogP contribution is -2.52. The van der Waals surface area contributed by atoms with E-state index < -0.39 is 0 Å². The Morgan fingerprint density at radius 3 is 2.63 bits per heavy atom. The molecule has 1 amide bonds. The lowest BCUT2D eigenvalue weighted by molar-refractivity contribution is -0.122. The minimum atomic E-state index is -0.0247. The van der Waals surface area contributed by atoms with Gasteiger partial charge in [-0.2, -0.15) is 0 Å². The molecule has 3 fully saturated rings. The highest BCUT2D eigenvalue weighted by molar-refractivity contribution is 6.34. The molecule has 0 aliphatic carbocycles. The van der Waals surface area contributed by atoms with Crippen molar-refractivity contribution in [1.29, 1.82) is 0 Å². The van der Waals surface area contributed by atoms with Crippen LogP contribution in [0.5, 0.6) is 0 Å². The Morgan fingerprint density at radius 2 is 1.85 bits per heavy atom. The number of nitrogens with zero attached hydrogens (tertiary/aromatic N) is 2. The third-order valence-electron chi connectivity index (χ3n) is 6.10. The predicted molar refractivity (Wildman–Crippen MR) is 107 cm³/mol. The molecule has 6 heteroatoms. The summed E-state index contributed by atoms with van der Waals surface area (Å²) < 4.78 is 0. The van der Waals surface area contributed by atoms with Crippen molar-refractivity contribution in [2.24, 2.45) is 5.92 Å². The van der Waals surface area contributed by atoms with Gasteiger partial charge in [-0.15, -0.1) is 0 Å². The Hall–Kier alpha value is -1.92. The SMILES string of the molecule is O=C1[C@@H]2C[C@@H](CN2CC2CNNC2c2ccccc2)N1c1ccccc1Cl. The van der Waals surface area contributed by atoms with Crippen LogP contribution in [0, 0.1) is 5.92 Å². The smallest absolute Gasteiger partial charge is 0.244 e. The quantitative estimate of drug-likeness (QED) is 0.853. The molecule has 2 unspecified atom stereocenters. The zero-order valence-corrected chi connectivity index (χ0v) is 15.8. The van der Waals surface area contributed by atoms with Gasteiger partial charge >= 0.3 is 0 Å². The molecule has 0 spiro atoms. The number of piperazine rings is 1. The number of nitrogens with one attached hydrogen (secondary N) is 2. The van der Waals surface area contributed by atoms with Crippen molar-refractivity contribution < 1.29 is 4.79 Å². The second kappa shape index (κ2) is 6.91. The number of hydrogen-bond donors (Lipinski definition) is 2. The van der Waals surface area contributed by atoms with E-state index in [-0.39, 0.29) is 24.0 Å². The van der Waals surface area contributed by atoms with Crippen molar-refractivity contribution in [3.63, 3.8) is 0 Å². The molecular weight excluding hydrogens is 360 g/mol. The Balaban J connectivity index is 1.31. The van der Waals surface area contributed by atoms with Crippen LogP contribution in [0.15, 0.2) is 54.6 Å². The molecule has 3 heterocycles. The van der Waals surface area contributed by atoms with Gasteiger partial charge in [0.15, 0.2) is 0 Å². The molecule has 3 saturated heterocycles. The largest absolute Gasteiger partial charge is 0.305 e. The van der Waals surface area contributed by atoms with Gasteiger partial charge in [-0.3, -0.25) is 15.1 Å². The fourth-order valence-electron chi connectivity index (χ4n) is 4.85. The number of benzene rings is 2. The summed E-state index contributed by atoms with van der Waals surface area (Å²) in [5.41, 5.74) is 8.85. The number of rotatable bonds is 4. The highest BCUT2D eigenvalue weighted by Gasteiger charge is 2.51. The summed E-state index contributed by atoms with van der Waals surface area (Å²) in [5, 5.41) is 0.651. The van der Waals surface area contributed by atoms with Crippen molar-refractivity contribution in [3.05, 3.63) is 65.2 Å². The normalized spacial score (nSPS) is 30.4. The fourth-order valence-corrected chi connectivity index (χ4v) is 5.08. The number of hydrogen-bond acceptors (Lipinski definition) is 4. The Kier molecular flexibility index (Phi) is 4.40. The van der Waals surface area contributed by atoms with E-state index in [1.54, 1.807) is 0 Å². The van der Waals surface area contributed by atoms with E-state index in [0.29, 0.717) is 10.9 Å². The molecular formula is C21H23ClN4O. The van der Waals surface area contributed by atoms with Gasteiger partial charge in [-0.05, 0) is 24.1 Å². The standard InChI is InChI=1S/C21H23ClN4O/c22-17-8-4-5-9-18(17)26-16-10-19(21(26)27)25(13-16)12-15-11-23-24-20(15)14-6-2-1-3-7-14/h1-9,15-16,19-20,23-24H,10-13H2/t15?,16-,19-,20?/m0/s1. The van der Waals surface area contributed by atoms with Crippen LogP contribution in [-0.2, 0) is 4.79 Å². The second-order valence-electron chi connectivity index (χ2n) is 7.69. The number of carbonyl (C=O) groups is 1. The first-order chi connectivity index (χ1) is 13.2. The van der Waals surface area contributed by atoms with Crippen molar-refractivity contribution in [1.82, 2.24) is 15.8 Å². The van der Waals surface area contributed by atoms with E-state index in [0.717, 1.165) is 31.7 Å². The van der Waals surface area contributed by atoms with Crippen LogP contribution in [0.1, 0.15) is 18.0 Å². The molecule has 27 heavy (non-hydrogen) atoms. The van der Waals surface area contributed by atoms with Crippen molar-refractivity contribution in [2.75, 3.05) is 24.5 Å². The molecule has 2 bridgehead atoms. The lowest BCUT2D eigenvalue weighted by atomic mass is 9.94. The number of para-hydroxylation sites is 1. The summed E-state index contributed by atoms with van der Waals surface area (Å²) in [4.78, 5) is 17.3. The molecule has 140 valence electrons. The summed E-state index contributed by atoms with van der Waals surface area (Å²) in [6, 6.07) is 18.7. The molecule has 5 rings (SSSR count). The van der Waals surface area contributed by atoms with Gasteiger partial charge in [0.2, 0.25) is 5.91 Å². The van der Waals surface area contributed by atoms with Gasteiger partial charge in [-0.1, -0.05) is 54.1 Å². The number of halogens is 1. The van der Waals surface area contributed by atoms with Gasteiger partial charge in [0.1, 0.15) is 0 Å². The highest BCUT2D eigenvalue weighted by Crippen LogP contribution is 2.39. The van der Waals surface area contributed by atoms with Crippen LogP contribution < -0.4 is 15.8 Å². The molecule has 0 radical (unpaired) electrons. The number of anilines is 1. The van der Waals surface area contributed by atoms with E-state index in [2.05, 4.69) is 40.0 Å². The van der Waals surface area contributed by atoms with E-state index in [9.17, 15) is 4.79 Å². The van der Waals surface area contributed by atoms with Gasteiger partial charge in [0.05, 0.1) is 28.8 Å². The topological polar surface area (TPSA) is 47.6 Å². The van der Waals surface area contributed by atoms with Crippen LogP contribution in [0.4, 0.5) is 5.69 Å². The molecule has 2 aromatic carbocycles. The highest BCUT2D eigenvalue weighted by atomic mass is 35.5. The fraction of sp³-hybridized carbons (Fsp3) is 0.381. The summed E-state index contributed by atoms with van der Waals surface area (Å²) >= 11 is 6.34. The average Bonchev–Trinajstić information content (AvgIpc) is 3.38. The monoisotopic (exact) mass is 382 g/mol. The molecule has 0 aromatic heterocycles. The minimum absolute atomic E-state index is 0.0247. The number of carbonyl (C=O) groups excluding carboxylic acids is 1. The maximum absolute atomic E-state index is 13.0. The van der Waals surface area contributed by atoms with E-state index in [4.69, 9.17) is 11.6 Å². The first-order valence-electron chi connectivity index (χ1n) is 9.57. The van der Waals surface area contributed by atoms with Gasteiger partial charge in [-0.25, -0.2) is 5.43 Å². The third-order valence-corrected chi connectivity index (χ3v) is 6.42. The number of likely N-dealkylation sites (tertiary alicyclic amines) is 1. The van der Waals surface area contributed by atoms with E-state index in [1.165, 1.54) is 5.56 Å². The van der Waals surface area contributed by atoms with Crippen LogP contribution in [0.3, 0.4) is 0 Å². The van der Waals surface area contributed by atoms with Crippen LogP contribution in [0.2, 0.25) is 5.02 Å². The second-order valence-corrected chi connectivity index (χ2v) is 8.10. The van der Waals surface area contributed by atoms with Crippen molar-refractivity contribution in [3.8, 4) is 0 Å². The summed E-state index contributed by atoms with van der Waals surface area (Å²) in [5.74, 6) is 0.628. The summed E-state index contributed by atoms with van der Waals surface area (Å²) in [6.45, 7) is 2.75. The van der Waals surface area contributed by atoms with Crippen molar-refractivity contribution in [2.45, 2.75) is 24.5 Å². The Bertz CT molecular complexity index is 845. The first kappa shape index (κ1) is 17.2. The van der Waals surface area contributed by atoms with Gasteiger partial charge in [0.25, 0.3) is 0 Å². The van der Waals surface area contributed by atoms with Crippen molar-refractivity contribution >= 4 is 23.2 Å². The predicted octanol–water partition coefficient (Wildman–Crippen LogP) is 2.59. The molecule has 2 N–H and O–H groups in total. The third kappa shape index (κ3) is 2.95. The zero-order chi connectivity index (χ0) is 18.4. The summed E-state index contributed by atoms with van der Waals surface area (Å²) in [7, 11) is 0. The number of amides is 1. The minimum Gasteiger partial charge on any atom is -0.305 e. The van der Waals surface area contributed by atoms with E-state index >= 15 is 0 Å². The summed E-state index contributed by atoms with van der Waals surface area (Å²) in [6.07, 6.45) is 0.896. The average molecular weight is 383 g/mol. The van der Waals surface area contributed by atoms with Gasteiger partial charge < -0.3 is 4.90 Å². The molecule has 3 aliphatic rings. The molecule has 4 atom stereocenters. The van der Waals surface area contributed by atoms with Gasteiger partial charge in [0, 0.05) is 25.6 Å². The molecule has 0 saturated carbocycles. The maximum atomic E-state index is 13.0. The van der Waals surface area contributed by atoms with E-state index in [1.807, 2.05) is 35.2 Å². The molecule has 2 aromatic rings. The zero-order valence-electron chi connectivity index (χ0n) is 15.0. The number of hydrazine groups is 1. The Labute approximate surface area is 164 Å². The van der Waals surface area contributed by atoms with Crippen LogP contribution >= 0.6 is 11.6 Å². The lowest BCUT2D eigenvalue weighted by Gasteiger charge is -2.36. The molecule has 5 nitrogen and oxygen atoms in total.